The average molecular weight is 376 g/mol. The van der Waals surface area contributed by atoms with E-state index in [0.29, 0.717) is 0 Å². The lowest BCUT2D eigenvalue weighted by Gasteiger charge is -2.30. The SMILES string of the molecule is Cc1ccc(C[NH+]2CCN(N=Cc3ccccc3C(F)(F)F)CC2)c(C)c1. The molecule has 144 valence electrons. The van der Waals surface area contributed by atoms with Gasteiger partial charge >= 0.3 is 6.18 Å². The van der Waals surface area contributed by atoms with Crippen LogP contribution in [0.25, 0.3) is 0 Å². The summed E-state index contributed by atoms with van der Waals surface area (Å²) >= 11 is 0. The van der Waals surface area contributed by atoms with Crippen molar-refractivity contribution in [3.8, 4) is 0 Å². The molecule has 0 unspecified atom stereocenters. The third-order valence-electron chi connectivity index (χ3n) is 5.01. The summed E-state index contributed by atoms with van der Waals surface area (Å²) in [7, 11) is 0. The Morgan fingerprint density at radius 3 is 2.44 bits per heavy atom. The predicted octanol–water partition coefficient (Wildman–Crippen LogP) is 3.06. The number of alkyl halides is 3. The van der Waals surface area contributed by atoms with Crippen molar-refractivity contribution in [3.63, 3.8) is 0 Å². The zero-order valence-corrected chi connectivity index (χ0v) is 15.7. The Labute approximate surface area is 158 Å². The highest BCUT2D eigenvalue weighted by Gasteiger charge is 2.32. The molecule has 1 saturated heterocycles. The first kappa shape index (κ1) is 19.4. The number of aryl methyl sites for hydroxylation is 2. The molecule has 0 atom stereocenters. The third-order valence-corrected chi connectivity index (χ3v) is 5.01. The van der Waals surface area contributed by atoms with E-state index in [1.54, 1.807) is 6.07 Å². The number of nitrogens with zero attached hydrogens (tertiary/aromatic N) is 2. The van der Waals surface area contributed by atoms with Gasteiger partial charge in [-0.25, -0.2) is 0 Å². The van der Waals surface area contributed by atoms with Gasteiger partial charge in [-0.15, -0.1) is 0 Å². The van der Waals surface area contributed by atoms with Gasteiger partial charge in [0.05, 0.1) is 38.0 Å². The van der Waals surface area contributed by atoms with Gasteiger partial charge in [-0.05, 0) is 25.5 Å². The van der Waals surface area contributed by atoms with Crippen LogP contribution in [0.5, 0.6) is 0 Å². The van der Waals surface area contributed by atoms with Crippen molar-refractivity contribution >= 4 is 6.21 Å². The molecule has 2 aromatic carbocycles. The minimum Gasteiger partial charge on any atom is -0.328 e. The molecule has 27 heavy (non-hydrogen) atoms. The molecule has 1 aliphatic rings. The summed E-state index contributed by atoms with van der Waals surface area (Å²) in [6, 6.07) is 12.1. The quantitative estimate of drug-likeness (QED) is 0.813. The van der Waals surface area contributed by atoms with Crippen molar-refractivity contribution in [2.24, 2.45) is 5.10 Å². The number of hydrogen-bond acceptors (Lipinski definition) is 2. The average Bonchev–Trinajstić information content (AvgIpc) is 2.63. The fraction of sp³-hybridized carbons (Fsp3) is 0.381. The lowest BCUT2D eigenvalue weighted by molar-refractivity contribution is -0.918. The summed E-state index contributed by atoms with van der Waals surface area (Å²) in [5.41, 5.74) is 3.39. The molecule has 1 N–H and O–H groups in total. The van der Waals surface area contributed by atoms with Crippen LogP contribution in [0, 0.1) is 13.8 Å². The van der Waals surface area contributed by atoms with Gasteiger partial charge in [0.1, 0.15) is 6.54 Å². The van der Waals surface area contributed by atoms with E-state index < -0.39 is 11.7 Å². The zero-order valence-electron chi connectivity index (χ0n) is 15.7. The Morgan fingerprint density at radius 2 is 1.78 bits per heavy atom. The molecular weight excluding hydrogens is 351 g/mol. The third kappa shape index (κ3) is 5.10. The Kier molecular flexibility index (Phi) is 5.85. The zero-order chi connectivity index (χ0) is 19.4. The maximum absolute atomic E-state index is 13.1. The van der Waals surface area contributed by atoms with Crippen LogP contribution in [0.3, 0.4) is 0 Å². The first-order chi connectivity index (χ1) is 12.8. The van der Waals surface area contributed by atoms with Crippen molar-refractivity contribution in [1.29, 1.82) is 0 Å². The molecule has 3 nitrogen and oxygen atoms in total. The van der Waals surface area contributed by atoms with Crippen LogP contribution in [-0.2, 0) is 12.7 Å². The Bertz CT molecular complexity index is 807. The second-order valence-corrected chi connectivity index (χ2v) is 7.14. The number of hydrogen-bond donors (Lipinski definition) is 1. The number of benzene rings is 2. The lowest BCUT2D eigenvalue weighted by atomic mass is 10.1. The van der Waals surface area contributed by atoms with E-state index in [1.807, 2.05) is 5.01 Å². The molecule has 1 fully saturated rings. The van der Waals surface area contributed by atoms with Gasteiger partial charge in [-0.3, -0.25) is 5.01 Å². The first-order valence-corrected chi connectivity index (χ1v) is 9.18. The van der Waals surface area contributed by atoms with Crippen molar-refractivity contribution < 1.29 is 18.1 Å². The number of rotatable bonds is 4. The minimum atomic E-state index is -4.36. The van der Waals surface area contributed by atoms with Crippen molar-refractivity contribution in [2.45, 2.75) is 26.6 Å². The molecular formula is C21H25F3N3+. The van der Waals surface area contributed by atoms with Crippen LogP contribution in [0.4, 0.5) is 13.2 Å². The monoisotopic (exact) mass is 376 g/mol. The molecule has 0 saturated carbocycles. The largest absolute Gasteiger partial charge is 0.417 e. The molecule has 0 radical (unpaired) electrons. The Morgan fingerprint density at radius 1 is 1.07 bits per heavy atom. The molecule has 1 heterocycles. The molecule has 0 aromatic heterocycles. The van der Waals surface area contributed by atoms with Gasteiger partial charge in [-0.2, -0.15) is 18.3 Å². The van der Waals surface area contributed by atoms with Gasteiger partial charge in [-0.1, -0.05) is 42.0 Å². The first-order valence-electron chi connectivity index (χ1n) is 9.18. The van der Waals surface area contributed by atoms with Crippen LogP contribution in [0.2, 0.25) is 0 Å². The smallest absolute Gasteiger partial charge is 0.328 e. The second kappa shape index (κ2) is 8.13. The van der Waals surface area contributed by atoms with E-state index in [9.17, 15) is 13.2 Å². The molecule has 0 amide bonds. The molecule has 2 aromatic rings. The van der Waals surface area contributed by atoms with Gasteiger partial charge in [0.25, 0.3) is 0 Å². The highest BCUT2D eigenvalue weighted by atomic mass is 19.4. The highest BCUT2D eigenvalue weighted by molar-refractivity contribution is 5.81. The minimum absolute atomic E-state index is 0.107. The van der Waals surface area contributed by atoms with Crippen LogP contribution in [0.1, 0.15) is 27.8 Å². The molecule has 0 bridgehead atoms. The van der Waals surface area contributed by atoms with Gasteiger partial charge in [0.15, 0.2) is 0 Å². The van der Waals surface area contributed by atoms with Crippen LogP contribution >= 0.6 is 0 Å². The molecule has 1 aliphatic heterocycles. The Hall–Kier alpha value is -2.34. The Balaban J connectivity index is 1.58. The fourth-order valence-electron chi connectivity index (χ4n) is 3.43. The number of halogens is 3. The topological polar surface area (TPSA) is 20.0 Å². The summed E-state index contributed by atoms with van der Waals surface area (Å²) in [6.45, 7) is 8.53. The summed E-state index contributed by atoms with van der Waals surface area (Å²) in [5, 5.41) is 6.15. The van der Waals surface area contributed by atoms with Crippen molar-refractivity contribution in [3.05, 3.63) is 70.3 Å². The van der Waals surface area contributed by atoms with Crippen LogP contribution in [0.15, 0.2) is 47.6 Å². The summed E-state index contributed by atoms with van der Waals surface area (Å²) in [5.74, 6) is 0. The number of nitrogens with one attached hydrogen (secondary N) is 1. The second-order valence-electron chi connectivity index (χ2n) is 7.14. The highest BCUT2D eigenvalue weighted by Crippen LogP contribution is 2.31. The predicted molar refractivity (Wildman–Crippen MR) is 101 cm³/mol. The van der Waals surface area contributed by atoms with Crippen LogP contribution in [-0.4, -0.2) is 37.4 Å². The number of quaternary nitrogens is 1. The normalized spacial score (nSPS) is 16.3. The molecule has 0 spiro atoms. The molecule has 6 heteroatoms. The van der Waals surface area contributed by atoms with Gasteiger partial charge in [0, 0.05) is 11.1 Å². The maximum atomic E-state index is 13.1. The van der Waals surface area contributed by atoms with Crippen molar-refractivity contribution in [1.82, 2.24) is 5.01 Å². The van der Waals surface area contributed by atoms with E-state index in [-0.39, 0.29) is 5.56 Å². The summed E-state index contributed by atoms with van der Waals surface area (Å²) in [6.07, 6.45) is -3.03. The number of hydrazone groups is 1. The van der Waals surface area contributed by atoms with Gasteiger partial charge in [0.2, 0.25) is 0 Å². The van der Waals surface area contributed by atoms with E-state index in [4.69, 9.17) is 0 Å². The van der Waals surface area contributed by atoms with Crippen LogP contribution < -0.4 is 4.90 Å². The lowest BCUT2D eigenvalue weighted by Crippen LogP contribution is -3.13. The molecule has 3 rings (SSSR count). The van der Waals surface area contributed by atoms with E-state index in [2.05, 4.69) is 37.1 Å². The molecule has 0 aliphatic carbocycles. The summed E-state index contributed by atoms with van der Waals surface area (Å²) in [4.78, 5) is 1.48. The van der Waals surface area contributed by atoms with Crippen molar-refractivity contribution in [2.75, 3.05) is 26.2 Å². The van der Waals surface area contributed by atoms with E-state index in [1.165, 1.54) is 39.9 Å². The van der Waals surface area contributed by atoms with E-state index in [0.717, 1.165) is 38.8 Å². The fourth-order valence-corrected chi connectivity index (χ4v) is 3.43. The van der Waals surface area contributed by atoms with E-state index >= 15 is 0 Å². The maximum Gasteiger partial charge on any atom is 0.417 e. The van der Waals surface area contributed by atoms with Gasteiger partial charge < -0.3 is 4.90 Å². The summed E-state index contributed by atoms with van der Waals surface area (Å²) < 4.78 is 39.2. The number of piperazine rings is 1. The standard InChI is InChI=1S/C21H24F3N3/c1-16-7-8-19(17(2)13-16)15-26-9-11-27(12-10-26)25-14-18-5-3-4-6-20(18)21(22,23)24/h3-8,13-14H,9-12,15H2,1-2H3/p+1.